The number of morpholine rings is 1. The zero-order valence-corrected chi connectivity index (χ0v) is 74.7. The minimum atomic E-state index is -0.345. The number of likely N-dealkylation sites (tertiary alicyclic amines) is 2. The fourth-order valence-electron chi connectivity index (χ4n) is 14.9. The van der Waals surface area contributed by atoms with Crippen LogP contribution in [0.5, 0.6) is 0 Å². The van der Waals surface area contributed by atoms with E-state index in [1.54, 1.807) is 200 Å². The van der Waals surface area contributed by atoms with Crippen LogP contribution in [0.25, 0.3) is 0 Å². The molecule has 0 spiro atoms. The number of nitrogens with zero attached hydrogens (tertiary/aromatic N) is 13. The van der Waals surface area contributed by atoms with Crippen molar-refractivity contribution in [2.45, 2.75) is 57.8 Å². The van der Waals surface area contributed by atoms with Gasteiger partial charge in [-0.05, 0) is 129 Å². The number of amides is 4. The van der Waals surface area contributed by atoms with Crippen molar-refractivity contribution in [1.29, 1.82) is 16.2 Å². The Balaban J connectivity index is 0.000000147. The highest BCUT2D eigenvalue weighted by Crippen LogP contribution is 2.27. The summed E-state index contributed by atoms with van der Waals surface area (Å²) in [5.41, 5.74) is 11.5. The number of piperidine rings is 1. The molecule has 4 aromatic heterocycles. The van der Waals surface area contributed by atoms with Gasteiger partial charge in [-0.2, -0.15) is 20.4 Å². The lowest BCUT2D eigenvalue weighted by atomic mass is 10.0. The highest BCUT2D eigenvalue weighted by Gasteiger charge is 2.28. The van der Waals surface area contributed by atoms with Crippen molar-refractivity contribution >= 4 is 139 Å². The van der Waals surface area contributed by atoms with Gasteiger partial charge in [-0.25, -0.2) is 0 Å². The molecule has 3 saturated heterocycles. The SMILES string of the molecule is CN1CCN=C1c1ccc(C(=O)Cc2c(C(=O)Nc3ccc(Cl)cc3)cnn2C)cc1.Cn1ncc(C(=O)Nc2ccc(Cl)cc2)c1CC(=O)c1ccc(C(=N)N2CCCC2)cc1.Cn1ncc(C(=O)Nc2ccc(Cl)cc2)c1CC(=O)c1ccc(C(=N)N2CCCCC2)cc1.Cn1ncc(C(=O)Nc2ccc(Cl)cc2)c1CC(=O)c1ccc(C(=N)N2CCOCC2)cc1. The van der Waals surface area contributed by atoms with E-state index in [9.17, 15) is 38.4 Å². The quantitative estimate of drug-likeness (QED) is 0.0168. The summed E-state index contributed by atoms with van der Waals surface area (Å²) in [5, 5.41) is 55.4. The molecule has 0 saturated carbocycles. The van der Waals surface area contributed by atoms with Crippen LogP contribution in [0.3, 0.4) is 0 Å². The largest absolute Gasteiger partial charge is 0.378 e. The third-order valence-corrected chi connectivity index (χ3v) is 23.3. The van der Waals surface area contributed by atoms with Crippen molar-refractivity contribution in [3.8, 4) is 0 Å². The van der Waals surface area contributed by atoms with Gasteiger partial charge in [0.25, 0.3) is 23.6 Å². The third kappa shape index (κ3) is 24.3. The third-order valence-electron chi connectivity index (χ3n) is 22.3. The molecule has 0 aliphatic carbocycles. The molecule has 29 nitrogen and oxygen atoms in total. The Morgan fingerprint density at radius 3 is 0.814 bits per heavy atom. The summed E-state index contributed by atoms with van der Waals surface area (Å²) in [5.74, 6) is 0.562. The highest BCUT2D eigenvalue weighted by molar-refractivity contribution is 6.32. The number of aryl methyl sites for hydroxylation is 4. The summed E-state index contributed by atoms with van der Waals surface area (Å²) in [7, 11) is 8.85. The van der Waals surface area contributed by atoms with Gasteiger partial charge >= 0.3 is 0 Å². The van der Waals surface area contributed by atoms with E-state index in [2.05, 4.69) is 61.4 Å². The fourth-order valence-corrected chi connectivity index (χ4v) is 15.4. The molecule has 4 aliphatic heterocycles. The van der Waals surface area contributed by atoms with E-state index in [0.717, 1.165) is 93.0 Å². The first-order valence-corrected chi connectivity index (χ1v) is 43.4. The van der Waals surface area contributed by atoms with Crippen LogP contribution in [0.1, 0.15) is 160 Å². The van der Waals surface area contributed by atoms with E-state index in [4.69, 9.17) is 67.4 Å². The zero-order chi connectivity index (χ0) is 91.4. The Kier molecular flexibility index (Phi) is 31.4. The lowest BCUT2D eigenvalue weighted by molar-refractivity contribution is 0.0680. The summed E-state index contributed by atoms with van der Waals surface area (Å²) in [6.45, 7) is 7.88. The average Bonchev–Trinajstić information content (AvgIpc) is 1.65. The second kappa shape index (κ2) is 43.6. The van der Waals surface area contributed by atoms with Gasteiger partial charge in [-0.15, -0.1) is 0 Å². The van der Waals surface area contributed by atoms with E-state index in [-0.39, 0.29) is 72.4 Å². The van der Waals surface area contributed by atoms with E-state index in [1.807, 2.05) is 48.3 Å². The molecule has 0 atom stereocenters. The number of carbonyl (C=O) groups is 8. The number of ketones is 4. The number of Topliss-reactive ketones (excluding diaryl/α,β-unsaturated/α-hetero) is 4. The molecule has 8 heterocycles. The number of rotatable bonds is 24. The van der Waals surface area contributed by atoms with E-state index >= 15 is 0 Å². The van der Waals surface area contributed by atoms with E-state index in [1.165, 1.54) is 35.9 Å². The second-order valence-electron chi connectivity index (χ2n) is 31.1. The lowest BCUT2D eigenvalue weighted by Crippen LogP contribution is -2.40. The van der Waals surface area contributed by atoms with Gasteiger partial charge in [0.2, 0.25) is 0 Å². The molecule has 3 fully saturated rings. The molecular formula is C96H96Cl4N20O9. The average molecular weight is 1820 g/mol. The van der Waals surface area contributed by atoms with Crippen LogP contribution in [0.15, 0.2) is 224 Å². The van der Waals surface area contributed by atoms with E-state index < -0.39 is 0 Å². The first-order chi connectivity index (χ1) is 62.2. The number of hydrogen-bond donors (Lipinski definition) is 7. The van der Waals surface area contributed by atoms with Crippen LogP contribution in [0, 0.1) is 16.2 Å². The standard InChI is InChI=1S/C25H26ClN5O2.C24H24ClN5O3.C24H24ClN5O2.C23H22ClN5O2/c1-30-22(21(16-28-30)25(33)29-20-11-9-19(26)10-12-20)15-23(32)17-5-7-18(8-6-17)24(27)31-13-3-2-4-14-31;1-29-21(20(15-27-29)24(32)28-19-8-6-18(25)7-9-19)14-22(31)16-2-4-17(5-3-16)23(26)30-10-12-33-13-11-30;1-29-21(20(15-27-29)24(32)28-19-10-8-18(25)9-11-19)14-22(31)16-4-6-17(7-5-16)23(26)30-12-2-3-13-30;1-28-12-11-25-22(28)16-5-3-15(4-6-16)21(30)13-20-19(14-26-29(20)2)23(31)27-18-9-7-17(24)8-10-18/h5-12,16,27H,2-4,13-15H2,1H3,(H,29,33);2-9,15,26H,10-14H2,1H3,(H,28,32);4-11,15,26H,2-3,12-14H2,1H3,(H,28,32);3-10,14H,11-13H2,1-2H3,(H,27,31). The molecule has 662 valence electrons. The first kappa shape index (κ1) is 92.8. The van der Waals surface area contributed by atoms with Crippen molar-refractivity contribution in [3.63, 3.8) is 0 Å². The second-order valence-corrected chi connectivity index (χ2v) is 32.8. The molecule has 4 aliphatic rings. The Morgan fingerprint density at radius 1 is 0.318 bits per heavy atom. The van der Waals surface area contributed by atoms with Gasteiger partial charge in [-0.1, -0.05) is 143 Å². The van der Waals surface area contributed by atoms with Crippen LogP contribution in [-0.4, -0.2) is 201 Å². The van der Waals surface area contributed by atoms with Crippen LogP contribution in [-0.2, 0) is 58.6 Å². The number of aliphatic imine (C=N–C) groups is 1. The van der Waals surface area contributed by atoms with Crippen molar-refractivity contribution < 1.29 is 43.1 Å². The monoisotopic (exact) mass is 1810 g/mol. The van der Waals surface area contributed by atoms with Gasteiger partial charge in [0, 0.05) is 168 Å². The molecule has 33 heteroatoms. The molecule has 0 bridgehead atoms. The Hall–Kier alpha value is -13.8. The number of anilines is 4. The van der Waals surface area contributed by atoms with Crippen LogP contribution >= 0.6 is 46.4 Å². The van der Waals surface area contributed by atoms with Crippen LogP contribution < -0.4 is 21.3 Å². The van der Waals surface area contributed by atoms with Gasteiger partial charge in [0.15, 0.2) is 23.1 Å². The van der Waals surface area contributed by atoms with Gasteiger partial charge in [0.1, 0.15) is 23.3 Å². The number of carbonyl (C=O) groups excluding carboxylic acids is 8. The van der Waals surface area contributed by atoms with Crippen molar-refractivity contribution in [1.82, 2.24) is 58.7 Å². The maximum absolute atomic E-state index is 13.0. The topological polar surface area (TPSA) is 362 Å². The molecule has 7 N–H and O–H groups in total. The minimum Gasteiger partial charge on any atom is -0.378 e. The number of aromatic nitrogens is 8. The molecule has 0 unspecified atom stereocenters. The molecule has 0 radical (unpaired) electrons. The summed E-state index contributed by atoms with van der Waals surface area (Å²) in [6.07, 6.45) is 11.7. The number of ether oxygens (including phenoxy) is 1. The molecular weight excluding hydrogens is 1720 g/mol. The summed E-state index contributed by atoms with van der Waals surface area (Å²) < 4.78 is 11.5. The number of benzene rings is 8. The number of amidine groups is 4. The number of likely N-dealkylation sites (N-methyl/N-ethyl adjacent to an activating group) is 1. The Bertz CT molecular complexity index is 5930. The summed E-state index contributed by atoms with van der Waals surface area (Å²) >= 11 is 23.6. The zero-order valence-electron chi connectivity index (χ0n) is 71.7. The minimum absolute atomic E-state index is 0.0279. The normalized spacial score (nSPS) is 13.4. The summed E-state index contributed by atoms with van der Waals surface area (Å²) in [6, 6.07) is 55.9. The van der Waals surface area contributed by atoms with E-state index in [0.29, 0.717) is 154 Å². The highest BCUT2D eigenvalue weighted by atomic mass is 35.5. The molecule has 129 heavy (non-hydrogen) atoms. The number of halogens is 4. The van der Waals surface area contributed by atoms with Gasteiger partial charge in [-0.3, -0.25) is 78.3 Å². The molecule has 16 rings (SSSR count). The maximum Gasteiger partial charge on any atom is 0.259 e. The van der Waals surface area contributed by atoms with Gasteiger partial charge in [0.05, 0.1) is 115 Å². The van der Waals surface area contributed by atoms with Crippen molar-refractivity contribution in [2.75, 3.05) is 93.9 Å². The lowest BCUT2D eigenvalue weighted by Gasteiger charge is -2.29. The van der Waals surface area contributed by atoms with Crippen molar-refractivity contribution in [2.24, 2.45) is 33.2 Å². The molecule has 8 aromatic carbocycles. The maximum atomic E-state index is 13.0. The number of nitrogens with one attached hydrogen (secondary N) is 7. The van der Waals surface area contributed by atoms with Crippen LogP contribution in [0.4, 0.5) is 22.7 Å². The smallest absolute Gasteiger partial charge is 0.259 e. The summed E-state index contributed by atoms with van der Waals surface area (Å²) in [4.78, 5) is 115. The Labute approximate surface area is 765 Å². The molecule has 12 aromatic rings. The Morgan fingerprint density at radius 2 is 0.558 bits per heavy atom. The van der Waals surface area contributed by atoms with Gasteiger partial charge < -0.3 is 45.6 Å². The molecule has 4 amide bonds. The number of hydrogen-bond acceptors (Lipinski definition) is 18. The predicted octanol–water partition coefficient (Wildman–Crippen LogP) is 15.6. The predicted molar refractivity (Wildman–Crippen MR) is 502 cm³/mol. The fraction of sp³-hybridized carbons (Fsp3) is 0.250. The van der Waals surface area contributed by atoms with Crippen LogP contribution in [0.2, 0.25) is 20.1 Å². The first-order valence-electron chi connectivity index (χ1n) is 41.9. The van der Waals surface area contributed by atoms with Crippen molar-refractivity contribution in [3.05, 3.63) is 329 Å².